The molecule has 1 aromatic rings. The highest BCUT2D eigenvalue weighted by Crippen LogP contribution is 2.18. The van der Waals surface area contributed by atoms with Gasteiger partial charge in [0.1, 0.15) is 0 Å². The molecule has 1 rings (SSSR count). The minimum absolute atomic E-state index is 0.0631. The molecule has 2 N–H and O–H groups in total. The van der Waals surface area contributed by atoms with Crippen LogP contribution < -0.4 is 5.46 Å². The first kappa shape index (κ1) is 10.5. The summed E-state index contributed by atoms with van der Waals surface area (Å²) in [4.78, 5) is 10.4. The average molecular weight is 219 g/mol. The summed E-state index contributed by atoms with van der Waals surface area (Å²) in [6.07, 6.45) is 0.518. The van der Waals surface area contributed by atoms with Crippen molar-refractivity contribution in [2.75, 3.05) is 0 Å². The monoisotopic (exact) mass is 218 g/mol. The third kappa shape index (κ3) is 2.22. The van der Waals surface area contributed by atoms with Crippen molar-refractivity contribution in [2.24, 2.45) is 0 Å². The van der Waals surface area contributed by atoms with Crippen molar-refractivity contribution in [2.45, 2.75) is 0 Å². The Kier molecular flexibility index (Phi) is 3.33. The highest BCUT2D eigenvalue weighted by atomic mass is 35.5. The second-order valence-electron chi connectivity index (χ2n) is 2.39. The molecule has 0 saturated carbocycles. The van der Waals surface area contributed by atoms with E-state index in [1.807, 2.05) is 0 Å². The van der Waals surface area contributed by atoms with E-state index in [9.17, 15) is 4.79 Å². The first-order chi connectivity index (χ1) is 6.06. The molecule has 3 nitrogen and oxygen atoms in total. The molecule has 0 aliphatic heterocycles. The molecule has 0 radical (unpaired) electrons. The lowest BCUT2D eigenvalue weighted by atomic mass is 9.79. The molecule has 1 aromatic carbocycles. The van der Waals surface area contributed by atoms with Crippen molar-refractivity contribution < 1.29 is 14.8 Å². The van der Waals surface area contributed by atoms with Gasteiger partial charge >= 0.3 is 7.12 Å². The SMILES string of the molecule is O=Cc1cc(B(O)O)c(Cl)cc1Cl. The van der Waals surface area contributed by atoms with Crippen molar-refractivity contribution in [1.82, 2.24) is 0 Å². The average Bonchev–Trinajstić information content (AvgIpc) is 2.03. The van der Waals surface area contributed by atoms with Crippen molar-refractivity contribution in [1.29, 1.82) is 0 Å². The summed E-state index contributed by atoms with van der Waals surface area (Å²) in [5.41, 5.74) is 0.238. The van der Waals surface area contributed by atoms with E-state index in [0.717, 1.165) is 0 Å². The maximum absolute atomic E-state index is 10.4. The number of halogens is 2. The van der Waals surface area contributed by atoms with Gasteiger partial charge in [0.05, 0.1) is 5.02 Å². The Morgan fingerprint density at radius 2 is 1.85 bits per heavy atom. The van der Waals surface area contributed by atoms with Crippen LogP contribution in [-0.4, -0.2) is 23.5 Å². The van der Waals surface area contributed by atoms with Gasteiger partial charge in [0.15, 0.2) is 6.29 Å². The molecule has 0 aliphatic rings. The molecule has 0 heterocycles. The maximum Gasteiger partial charge on any atom is 0.489 e. The van der Waals surface area contributed by atoms with Crippen LogP contribution in [0.25, 0.3) is 0 Å². The van der Waals surface area contributed by atoms with E-state index < -0.39 is 7.12 Å². The number of hydrogen-bond acceptors (Lipinski definition) is 3. The molecule has 0 bridgehead atoms. The zero-order chi connectivity index (χ0) is 10.0. The number of hydrogen-bond donors (Lipinski definition) is 2. The molecule has 0 spiro atoms. The van der Waals surface area contributed by atoms with E-state index in [2.05, 4.69) is 0 Å². The minimum atomic E-state index is -1.71. The van der Waals surface area contributed by atoms with Crippen LogP contribution in [0.3, 0.4) is 0 Å². The molecule has 68 valence electrons. The van der Waals surface area contributed by atoms with Crippen LogP contribution in [0.1, 0.15) is 10.4 Å². The number of carbonyl (C=O) groups excluding carboxylic acids is 1. The van der Waals surface area contributed by atoms with Crippen LogP contribution in [-0.2, 0) is 0 Å². The Bertz CT molecular complexity index is 341. The molecule has 0 amide bonds. The lowest BCUT2D eigenvalue weighted by Gasteiger charge is -2.04. The molecule has 0 atom stereocenters. The third-order valence-corrected chi connectivity index (χ3v) is 2.18. The second kappa shape index (κ2) is 4.11. The molecule has 0 aliphatic carbocycles. The summed E-state index contributed by atoms with van der Waals surface area (Å²) >= 11 is 11.3. The standard InChI is InChI=1S/C7H5BCl2O3/c9-6-2-7(10)5(8(12)13)1-4(6)3-11/h1-3,12-13H. The number of rotatable bonds is 2. The van der Waals surface area contributed by atoms with E-state index in [0.29, 0.717) is 6.29 Å². The lowest BCUT2D eigenvalue weighted by molar-refractivity contribution is 0.112. The molecule has 0 saturated heterocycles. The van der Waals surface area contributed by atoms with Crippen molar-refractivity contribution in [3.8, 4) is 0 Å². The normalized spacial score (nSPS) is 9.85. The van der Waals surface area contributed by atoms with Gasteiger partial charge in [-0.15, -0.1) is 0 Å². The summed E-state index contributed by atoms with van der Waals surface area (Å²) < 4.78 is 0. The summed E-state index contributed by atoms with van der Waals surface area (Å²) in [7, 11) is -1.71. The summed E-state index contributed by atoms with van der Waals surface area (Å²) in [6.45, 7) is 0. The second-order valence-corrected chi connectivity index (χ2v) is 3.20. The van der Waals surface area contributed by atoms with Gasteiger partial charge in [-0.3, -0.25) is 4.79 Å². The van der Waals surface area contributed by atoms with Crippen LogP contribution in [0.2, 0.25) is 10.0 Å². The Morgan fingerprint density at radius 3 is 2.31 bits per heavy atom. The van der Waals surface area contributed by atoms with E-state index >= 15 is 0 Å². The van der Waals surface area contributed by atoms with Gasteiger partial charge in [0.2, 0.25) is 0 Å². The van der Waals surface area contributed by atoms with Crippen molar-refractivity contribution in [3.63, 3.8) is 0 Å². The largest absolute Gasteiger partial charge is 0.489 e. The Balaban J connectivity index is 3.30. The van der Waals surface area contributed by atoms with Crippen LogP contribution in [0.5, 0.6) is 0 Å². The highest BCUT2D eigenvalue weighted by molar-refractivity contribution is 6.63. The highest BCUT2D eigenvalue weighted by Gasteiger charge is 2.17. The zero-order valence-electron chi connectivity index (χ0n) is 6.37. The predicted octanol–water partition coefficient (Wildman–Crippen LogP) is 0.486. The van der Waals surface area contributed by atoms with Gasteiger partial charge < -0.3 is 10.0 Å². The number of benzene rings is 1. The van der Waals surface area contributed by atoms with Gasteiger partial charge in [-0.1, -0.05) is 23.2 Å². The van der Waals surface area contributed by atoms with Crippen LogP contribution in [0.15, 0.2) is 12.1 Å². The Hall–Kier alpha value is -0.545. The van der Waals surface area contributed by atoms with Crippen LogP contribution >= 0.6 is 23.2 Å². The van der Waals surface area contributed by atoms with Gasteiger partial charge in [0, 0.05) is 16.0 Å². The summed E-state index contributed by atoms with van der Waals surface area (Å²) in [6, 6.07) is 2.53. The Morgan fingerprint density at radius 1 is 1.23 bits per heavy atom. The predicted molar refractivity (Wildman–Crippen MR) is 51.7 cm³/mol. The van der Waals surface area contributed by atoms with E-state index in [1.165, 1.54) is 12.1 Å². The van der Waals surface area contributed by atoms with Crippen molar-refractivity contribution >= 4 is 42.1 Å². The fraction of sp³-hybridized carbons (Fsp3) is 0. The third-order valence-electron chi connectivity index (χ3n) is 1.52. The van der Waals surface area contributed by atoms with Crippen LogP contribution in [0.4, 0.5) is 0 Å². The molecular formula is C7H5BCl2O3. The lowest BCUT2D eigenvalue weighted by Crippen LogP contribution is -2.31. The quantitative estimate of drug-likeness (QED) is 0.561. The molecule has 0 unspecified atom stereocenters. The fourth-order valence-corrected chi connectivity index (χ4v) is 1.40. The summed E-state index contributed by atoms with van der Waals surface area (Å²) in [5.74, 6) is 0. The van der Waals surface area contributed by atoms with Gasteiger partial charge in [-0.2, -0.15) is 0 Å². The first-order valence-electron chi connectivity index (χ1n) is 3.36. The van der Waals surface area contributed by atoms with E-state index in [4.69, 9.17) is 33.2 Å². The first-order valence-corrected chi connectivity index (χ1v) is 4.12. The van der Waals surface area contributed by atoms with E-state index in [-0.39, 0.29) is 21.1 Å². The maximum atomic E-state index is 10.4. The minimum Gasteiger partial charge on any atom is -0.423 e. The van der Waals surface area contributed by atoms with Crippen LogP contribution in [0, 0.1) is 0 Å². The number of carbonyl (C=O) groups is 1. The van der Waals surface area contributed by atoms with Crippen molar-refractivity contribution in [3.05, 3.63) is 27.7 Å². The molecule has 6 heteroatoms. The summed E-state index contributed by atoms with van der Waals surface area (Å²) in [5, 5.41) is 18.0. The topological polar surface area (TPSA) is 57.5 Å². The fourth-order valence-electron chi connectivity index (χ4n) is 0.872. The van der Waals surface area contributed by atoms with E-state index in [1.54, 1.807) is 0 Å². The smallest absolute Gasteiger partial charge is 0.423 e. The van der Waals surface area contributed by atoms with Gasteiger partial charge in [0.25, 0.3) is 0 Å². The molecule has 0 aromatic heterocycles. The van der Waals surface area contributed by atoms with Gasteiger partial charge in [-0.25, -0.2) is 0 Å². The number of aldehydes is 1. The van der Waals surface area contributed by atoms with Gasteiger partial charge in [-0.05, 0) is 12.1 Å². The molecular weight excluding hydrogens is 214 g/mol. The molecule has 0 fully saturated rings. The zero-order valence-corrected chi connectivity index (χ0v) is 7.88. The molecule has 13 heavy (non-hydrogen) atoms. The Labute approximate surface area is 85.0 Å².